The van der Waals surface area contributed by atoms with E-state index in [1.807, 2.05) is 23.1 Å². The molecule has 0 bridgehead atoms. The number of fused-ring (bicyclic) bond motifs is 2. The van der Waals surface area contributed by atoms with Gasteiger partial charge in [0.25, 0.3) is 0 Å². The van der Waals surface area contributed by atoms with Crippen molar-refractivity contribution >= 4 is 27.9 Å². The van der Waals surface area contributed by atoms with Gasteiger partial charge in [0.2, 0.25) is 5.91 Å². The first-order valence-electron chi connectivity index (χ1n) is 12.6. The van der Waals surface area contributed by atoms with Gasteiger partial charge in [-0.1, -0.05) is 30.3 Å². The van der Waals surface area contributed by atoms with Crippen molar-refractivity contribution in [2.24, 2.45) is 11.8 Å². The van der Waals surface area contributed by atoms with Crippen LogP contribution in [0.3, 0.4) is 0 Å². The molecule has 5 nitrogen and oxygen atoms in total. The van der Waals surface area contributed by atoms with Crippen LogP contribution in [-0.2, 0) is 11.3 Å². The van der Waals surface area contributed by atoms with Gasteiger partial charge >= 0.3 is 0 Å². The summed E-state index contributed by atoms with van der Waals surface area (Å²) in [6.45, 7) is 2.36. The lowest BCUT2D eigenvalue weighted by molar-refractivity contribution is -0.131. The topological polar surface area (TPSA) is 51.3 Å². The lowest BCUT2D eigenvalue weighted by atomic mass is 10.0. The molecule has 1 amide bonds. The van der Waals surface area contributed by atoms with Crippen molar-refractivity contribution in [1.82, 2.24) is 14.5 Å². The minimum Gasteiger partial charge on any atom is -0.464 e. The molecule has 1 saturated carbocycles. The lowest BCUT2D eigenvalue weighted by Crippen LogP contribution is -2.30. The SMILES string of the molecule is O=C(C1CC1)N1CC[C@@H](Cn2c(-c3ccc(-c4ccc5occc5c4)cc3)nc3cc(F)ccc32)C1. The molecule has 0 radical (unpaired) electrons. The van der Waals surface area contributed by atoms with Gasteiger partial charge in [0.1, 0.15) is 17.2 Å². The fourth-order valence-electron chi connectivity index (χ4n) is 5.49. The van der Waals surface area contributed by atoms with Crippen molar-refractivity contribution in [3.63, 3.8) is 0 Å². The Balaban J connectivity index is 1.21. The van der Waals surface area contributed by atoms with Crippen molar-refractivity contribution in [2.75, 3.05) is 13.1 Å². The van der Waals surface area contributed by atoms with Gasteiger partial charge in [-0.25, -0.2) is 9.37 Å². The number of hydrogen-bond donors (Lipinski definition) is 0. The van der Waals surface area contributed by atoms with Crippen LogP contribution in [0.25, 0.3) is 44.5 Å². The standard InChI is InChI=1S/C30H26FN3O2/c31-25-8-9-27-26(16-25)32-29(34(27)18-19-11-13-33(17-19)30(35)22-5-6-22)21-3-1-20(2-4-21)23-7-10-28-24(15-23)12-14-36-28/h1-4,7-10,12,14-16,19,22H,5-6,11,13,17-18H2/t19-/m1/s1. The molecule has 3 aromatic carbocycles. The van der Waals surface area contributed by atoms with Crippen molar-refractivity contribution < 1.29 is 13.6 Å². The highest BCUT2D eigenvalue weighted by molar-refractivity contribution is 5.85. The second-order valence-electron chi connectivity index (χ2n) is 10.1. The highest BCUT2D eigenvalue weighted by atomic mass is 19.1. The zero-order valence-corrected chi connectivity index (χ0v) is 19.9. The van der Waals surface area contributed by atoms with Gasteiger partial charge in [-0.2, -0.15) is 0 Å². The van der Waals surface area contributed by atoms with Crippen molar-refractivity contribution in [1.29, 1.82) is 0 Å². The lowest BCUT2D eigenvalue weighted by Gasteiger charge is -2.18. The number of furan rings is 1. The predicted molar refractivity (Wildman–Crippen MR) is 138 cm³/mol. The van der Waals surface area contributed by atoms with Crippen LogP contribution in [-0.4, -0.2) is 33.4 Å². The zero-order valence-electron chi connectivity index (χ0n) is 19.9. The first-order valence-corrected chi connectivity index (χ1v) is 12.6. The number of aromatic nitrogens is 2. The number of likely N-dealkylation sites (tertiary alicyclic amines) is 1. The van der Waals surface area contributed by atoms with Crippen LogP contribution in [0.2, 0.25) is 0 Å². The first-order chi connectivity index (χ1) is 17.6. The zero-order chi connectivity index (χ0) is 24.2. The molecule has 1 aliphatic carbocycles. The third kappa shape index (κ3) is 3.77. The Morgan fingerprint density at radius 1 is 0.944 bits per heavy atom. The summed E-state index contributed by atoms with van der Waals surface area (Å²) in [7, 11) is 0. The number of halogens is 1. The van der Waals surface area contributed by atoms with Crippen LogP contribution in [0.15, 0.2) is 77.4 Å². The average molecular weight is 480 g/mol. The number of carbonyl (C=O) groups excluding carboxylic acids is 1. The van der Waals surface area contributed by atoms with Crippen molar-refractivity contribution in [2.45, 2.75) is 25.8 Å². The van der Waals surface area contributed by atoms with E-state index in [1.54, 1.807) is 6.26 Å². The van der Waals surface area contributed by atoms with E-state index >= 15 is 0 Å². The molecule has 2 aromatic heterocycles. The highest BCUT2D eigenvalue weighted by Gasteiger charge is 2.36. The van der Waals surface area contributed by atoms with Gasteiger partial charge < -0.3 is 13.9 Å². The van der Waals surface area contributed by atoms with E-state index in [9.17, 15) is 9.18 Å². The van der Waals surface area contributed by atoms with Crippen molar-refractivity contribution in [3.8, 4) is 22.5 Å². The van der Waals surface area contributed by atoms with E-state index in [4.69, 9.17) is 9.40 Å². The summed E-state index contributed by atoms with van der Waals surface area (Å²) in [6.07, 6.45) is 4.76. The summed E-state index contributed by atoms with van der Waals surface area (Å²) in [5.41, 5.74) is 5.68. The molecular formula is C30H26FN3O2. The predicted octanol–water partition coefficient (Wildman–Crippen LogP) is 6.51. The minimum atomic E-state index is -0.286. The number of hydrogen-bond acceptors (Lipinski definition) is 3. The Morgan fingerprint density at radius 2 is 1.75 bits per heavy atom. The van der Waals surface area contributed by atoms with E-state index in [0.717, 1.165) is 77.9 Å². The summed E-state index contributed by atoms with van der Waals surface area (Å²) in [6, 6.07) is 21.3. The molecule has 6 heteroatoms. The second kappa shape index (κ2) is 8.33. The molecule has 36 heavy (non-hydrogen) atoms. The number of benzene rings is 3. The number of nitrogens with zero attached hydrogens (tertiary/aromatic N) is 3. The van der Waals surface area contributed by atoms with Gasteiger partial charge in [-0.15, -0.1) is 0 Å². The molecule has 2 aliphatic rings. The van der Waals surface area contributed by atoms with Crippen LogP contribution in [0, 0.1) is 17.7 Å². The normalized spacial score (nSPS) is 17.9. The van der Waals surface area contributed by atoms with E-state index in [2.05, 4.69) is 41.0 Å². The fraction of sp³-hybridized carbons (Fsp3) is 0.267. The van der Waals surface area contributed by atoms with Gasteiger partial charge in [0.05, 0.1) is 17.3 Å². The molecule has 0 unspecified atom stereocenters. The van der Waals surface area contributed by atoms with Gasteiger partial charge in [0, 0.05) is 42.6 Å². The van der Waals surface area contributed by atoms with Gasteiger partial charge in [-0.3, -0.25) is 4.79 Å². The molecule has 5 aromatic rings. The van der Waals surface area contributed by atoms with Crippen LogP contribution < -0.4 is 0 Å². The third-order valence-electron chi connectivity index (χ3n) is 7.60. The Labute approximate surface area is 208 Å². The fourth-order valence-corrected chi connectivity index (χ4v) is 5.49. The Bertz CT molecular complexity index is 1600. The molecular weight excluding hydrogens is 453 g/mol. The summed E-state index contributed by atoms with van der Waals surface area (Å²) in [5.74, 6) is 1.48. The van der Waals surface area contributed by atoms with Gasteiger partial charge in [0.15, 0.2) is 0 Å². The molecule has 0 N–H and O–H groups in total. The second-order valence-corrected chi connectivity index (χ2v) is 10.1. The first kappa shape index (κ1) is 21.4. The third-order valence-corrected chi connectivity index (χ3v) is 7.60. The molecule has 180 valence electrons. The van der Waals surface area contributed by atoms with E-state index in [0.29, 0.717) is 17.3 Å². The quantitative estimate of drug-likeness (QED) is 0.289. The van der Waals surface area contributed by atoms with Crippen molar-refractivity contribution in [3.05, 3.63) is 78.8 Å². The number of carbonyl (C=O) groups is 1. The highest BCUT2D eigenvalue weighted by Crippen LogP contribution is 2.34. The Hall–Kier alpha value is -3.93. The number of imidazole rings is 1. The molecule has 1 atom stereocenters. The summed E-state index contributed by atoms with van der Waals surface area (Å²) >= 11 is 0. The maximum absolute atomic E-state index is 14.0. The van der Waals surface area contributed by atoms with E-state index in [-0.39, 0.29) is 11.7 Å². The largest absolute Gasteiger partial charge is 0.464 e. The summed E-state index contributed by atoms with van der Waals surface area (Å²) in [5, 5.41) is 1.08. The average Bonchev–Trinajstić information content (AvgIpc) is 3.30. The van der Waals surface area contributed by atoms with E-state index in [1.165, 1.54) is 12.1 Å². The monoisotopic (exact) mass is 479 g/mol. The molecule has 2 fully saturated rings. The van der Waals surface area contributed by atoms with Crippen LogP contribution in [0.5, 0.6) is 0 Å². The van der Waals surface area contributed by atoms with Crippen LogP contribution in [0.4, 0.5) is 4.39 Å². The Kier molecular flexibility index (Phi) is 4.94. The number of amides is 1. The van der Waals surface area contributed by atoms with Gasteiger partial charge in [-0.05, 0) is 66.6 Å². The van der Waals surface area contributed by atoms with Crippen LogP contribution >= 0.6 is 0 Å². The molecule has 0 spiro atoms. The number of rotatable bonds is 5. The maximum Gasteiger partial charge on any atom is 0.225 e. The van der Waals surface area contributed by atoms with Crippen LogP contribution in [0.1, 0.15) is 19.3 Å². The summed E-state index contributed by atoms with van der Waals surface area (Å²) < 4.78 is 21.7. The van der Waals surface area contributed by atoms with E-state index < -0.39 is 0 Å². The molecule has 1 aliphatic heterocycles. The minimum absolute atomic E-state index is 0.254. The molecule has 7 rings (SSSR count). The molecule has 1 saturated heterocycles. The smallest absolute Gasteiger partial charge is 0.225 e. The maximum atomic E-state index is 14.0. The Morgan fingerprint density at radius 3 is 2.58 bits per heavy atom. The molecule has 3 heterocycles. The summed E-state index contributed by atoms with van der Waals surface area (Å²) in [4.78, 5) is 19.4.